The Morgan fingerprint density at radius 1 is 1.20 bits per heavy atom. The Balaban J connectivity index is 1.48. The Morgan fingerprint density at radius 3 is 2.50 bits per heavy atom. The minimum atomic E-state index is 0.0621. The van der Waals surface area contributed by atoms with Crippen molar-refractivity contribution in [2.24, 2.45) is 0 Å². The van der Waals surface area contributed by atoms with E-state index in [2.05, 4.69) is 15.1 Å². The number of hydrogen-bond acceptors (Lipinski definition) is 7. The van der Waals surface area contributed by atoms with Crippen molar-refractivity contribution in [3.05, 3.63) is 53.5 Å². The minimum Gasteiger partial charge on any atom is -0.378 e. The van der Waals surface area contributed by atoms with Gasteiger partial charge in [0.25, 0.3) is 5.91 Å². The van der Waals surface area contributed by atoms with Crippen molar-refractivity contribution in [3.63, 3.8) is 0 Å². The highest BCUT2D eigenvalue weighted by atomic mass is 16.5. The maximum Gasteiger partial charge on any atom is 0.253 e. The third kappa shape index (κ3) is 3.98. The van der Waals surface area contributed by atoms with E-state index in [1.165, 1.54) is 0 Å². The molecule has 3 heterocycles. The van der Waals surface area contributed by atoms with Crippen LogP contribution in [-0.2, 0) is 0 Å². The fourth-order valence-corrected chi connectivity index (χ4v) is 3.84. The molecule has 156 valence electrons. The Labute approximate surface area is 175 Å². The lowest BCUT2D eigenvalue weighted by molar-refractivity contribution is 0.0712. The lowest BCUT2D eigenvalue weighted by atomic mass is 9.90. The molecule has 0 unspecified atom stereocenters. The van der Waals surface area contributed by atoms with Crippen LogP contribution in [0.4, 0.5) is 11.6 Å². The maximum atomic E-state index is 12.9. The van der Waals surface area contributed by atoms with Gasteiger partial charge in [-0.3, -0.25) is 4.79 Å². The molecule has 8 heteroatoms. The van der Waals surface area contributed by atoms with Crippen LogP contribution in [0.15, 0.2) is 41.1 Å². The van der Waals surface area contributed by atoms with Gasteiger partial charge in [0.2, 0.25) is 5.95 Å². The molecule has 30 heavy (non-hydrogen) atoms. The van der Waals surface area contributed by atoms with Gasteiger partial charge in [-0.25, -0.2) is 9.97 Å². The first-order valence-corrected chi connectivity index (χ1v) is 10.0. The van der Waals surface area contributed by atoms with E-state index in [9.17, 15) is 4.79 Å². The molecule has 0 atom stereocenters. The zero-order valence-corrected chi connectivity index (χ0v) is 17.5. The van der Waals surface area contributed by atoms with Gasteiger partial charge >= 0.3 is 0 Å². The van der Waals surface area contributed by atoms with Crippen LogP contribution in [0.1, 0.15) is 40.5 Å². The molecule has 4 rings (SSSR count). The molecule has 1 amide bonds. The summed E-state index contributed by atoms with van der Waals surface area (Å²) in [5.41, 5.74) is 10.1. The molecule has 2 aromatic heterocycles. The number of aromatic nitrogens is 3. The van der Waals surface area contributed by atoms with Crippen molar-refractivity contribution >= 4 is 17.5 Å². The summed E-state index contributed by atoms with van der Waals surface area (Å²) >= 11 is 0. The normalized spacial score (nSPS) is 14.7. The SMILES string of the molecule is Cc1cc(-c2cnc(N)nc2C2CCN(C(=O)c3ccc(N(C)C)cc3)CC2)on1. The first kappa shape index (κ1) is 19.9. The van der Waals surface area contributed by atoms with Crippen molar-refractivity contribution in [2.75, 3.05) is 37.8 Å². The number of nitrogens with zero attached hydrogens (tertiary/aromatic N) is 5. The number of nitrogens with two attached hydrogens (primary N) is 1. The molecule has 1 saturated heterocycles. The van der Waals surface area contributed by atoms with E-state index < -0.39 is 0 Å². The molecule has 8 nitrogen and oxygen atoms in total. The summed E-state index contributed by atoms with van der Waals surface area (Å²) in [5.74, 6) is 1.12. The second kappa shape index (κ2) is 8.14. The Hall–Kier alpha value is -3.42. The van der Waals surface area contributed by atoms with Gasteiger partial charge < -0.3 is 20.1 Å². The van der Waals surface area contributed by atoms with Crippen LogP contribution in [-0.4, -0.2) is 53.1 Å². The average Bonchev–Trinajstić information content (AvgIpc) is 3.19. The summed E-state index contributed by atoms with van der Waals surface area (Å²) < 4.78 is 5.43. The number of amides is 1. The largest absolute Gasteiger partial charge is 0.378 e. The number of likely N-dealkylation sites (tertiary alicyclic amines) is 1. The molecule has 1 aliphatic rings. The Bertz CT molecular complexity index is 1040. The summed E-state index contributed by atoms with van der Waals surface area (Å²) in [4.78, 5) is 25.5. The molecular formula is C22H26N6O2. The summed E-state index contributed by atoms with van der Waals surface area (Å²) in [6.45, 7) is 3.20. The van der Waals surface area contributed by atoms with Crippen LogP contribution >= 0.6 is 0 Å². The van der Waals surface area contributed by atoms with Crippen molar-refractivity contribution < 1.29 is 9.32 Å². The third-order valence-electron chi connectivity index (χ3n) is 5.53. The summed E-state index contributed by atoms with van der Waals surface area (Å²) in [6.07, 6.45) is 3.30. The monoisotopic (exact) mass is 406 g/mol. The average molecular weight is 406 g/mol. The van der Waals surface area contributed by atoms with Gasteiger partial charge in [0.15, 0.2) is 5.76 Å². The topological polar surface area (TPSA) is 101 Å². The first-order chi connectivity index (χ1) is 14.4. The highest BCUT2D eigenvalue weighted by Crippen LogP contribution is 2.34. The van der Waals surface area contributed by atoms with E-state index in [1.807, 2.05) is 61.2 Å². The van der Waals surface area contributed by atoms with E-state index in [0.717, 1.165) is 35.5 Å². The zero-order chi connectivity index (χ0) is 21.3. The number of carbonyl (C=O) groups is 1. The molecule has 3 aromatic rings. The van der Waals surface area contributed by atoms with Gasteiger partial charge in [-0.2, -0.15) is 0 Å². The number of piperidine rings is 1. The van der Waals surface area contributed by atoms with Gasteiger partial charge in [-0.1, -0.05) is 5.16 Å². The van der Waals surface area contributed by atoms with E-state index in [1.54, 1.807) is 6.20 Å². The lowest BCUT2D eigenvalue weighted by Gasteiger charge is -2.32. The Morgan fingerprint density at radius 2 is 1.90 bits per heavy atom. The van der Waals surface area contributed by atoms with Crippen LogP contribution in [0.2, 0.25) is 0 Å². The van der Waals surface area contributed by atoms with Crippen LogP contribution in [0.25, 0.3) is 11.3 Å². The predicted octanol–water partition coefficient (Wildman–Crippen LogP) is 3.11. The number of anilines is 2. The number of carbonyl (C=O) groups excluding carboxylic acids is 1. The molecule has 2 N–H and O–H groups in total. The van der Waals surface area contributed by atoms with Gasteiger partial charge in [0, 0.05) is 56.6 Å². The highest BCUT2D eigenvalue weighted by Gasteiger charge is 2.28. The van der Waals surface area contributed by atoms with E-state index in [4.69, 9.17) is 10.3 Å². The first-order valence-electron chi connectivity index (χ1n) is 10.0. The van der Waals surface area contributed by atoms with Crippen molar-refractivity contribution in [1.29, 1.82) is 0 Å². The van der Waals surface area contributed by atoms with E-state index in [-0.39, 0.29) is 17.8 Å². The van der Waals surface area contributed by atoms with Crippen LogP contribution in [0.3, 0.4) is 0 Å². The van der Waals surface area contributed by atoms with Gasteiger partial charge in [0.1, 0.15) is 0 Å². The second-order valence-corrected chi connectivity index (χ2v) is 7.87. The summed E-state index contributed by atoms with van der Waals surface area (Å²) in [6, 6.07) is 9.58. The maximum absolute atomic E-state index is 12.9. The summed E-state index contributed by atoms with van der Waals surface area (Å²) in [7, 11) is 3.96. The van der Waals surface area contributed by atoms with Gasteiger partial charge in [-0.05, 0) is 44.0 Å². The molecule has 0 aliphatic carbocycles. The molecule has 0 bridgehead atoms. The molecule has 1 aliphatic heterocycles. The van der Waals surface area contributed by atoms with E-state index >= 15 is 0 Å². The zero-order valence-electron chi connectivity index (χ0n) is 17.5. The molecule has 0 radical (unpaired) electrons. The summed E-state index contributed by atoms with van der Waals surface area (Å²) in [5, 5.41) is 3.97. The number of hydrogen-bond donors (Lipinski definition) is 1. The fraction of sp³-hybridized carbons (Fsp3) is 0.364. The molecule has 1 fully saturated rings. The van der Waals surface area contributed by atoms with Crippen LogP contribution in [0.5, 0.6) is 0 Å². The number of benzene rings is 1. The molecular weight excluding hydrogens is 380 g/mol. The minimum absolute atomic E-state index is 0.0621. The number of aryl methyl sites for hydroxylation is 1. The lowest BCUT2D eigenvalue weighted by Crippen LogP contribution is -2.38. The Kier molecular flexibility index (Phi) is 5.39. The van der Waals surface area contributed by atoms with Crippen molar-refractivity contribution in [2.45, 2.75) is 25.7 Å². The van der Waals surface area contributed by atoms with Crippen LogP contribution in [0, 0.1) is 6.92 Å². The van der Waals surface area contributed by atoms with E-state index in [0.29, 0.717) is 24.4 Å². The standard InChI is InChI=1S/C22H26N6O2/c1-14-12-19(30-26-14)18-13-24-22(23)25-20(18)15-8-10-28(11-9-15)21(29)16-4-6-17(7-5-16)27(2)3/h4-7,12-13,15H,8-11H2,1-3H3,(H2,23,24,25). The second-order valence-electron chi connectivity index (χ2n) is 7.87. The quantitative estimate of drug-likeness (QED) is 0.710. The van der Waals surface area contributed by atoms with Crippen molar-refractivity contribution in [3.8, 4) is 11.3 Å². The molecule has 1 aromatic carbocycles. The molecule has 0 spiro atoms. The molecule has 0 saturated carbocycles. The number of rotatable bonds is 4. The van der Waals surface area contributed by atoms with Crippen LogP contribution < -0.4 is 10.6 Å². The smallest absolute Gasteiger partial charge is 0.253 e. The highest BCUT2D eigenvalue weighted by molar-refractivity contribution is 5.94. The predicted molar refractivity (Wildman–Crippen MR) is 115 cm³/mol. The van der Waals surface area contributed by atoms with Gasteiger partial charge in [-0.15, -0.1) is 0 Å². The van der Waals surface area contributed by atoms with Crippen molar-refractivity contribution in [1.82, 2.24) is 20.0 Å². The third-order valence-corrected chi connectivity index (χ3v) is 5.53. The number of nitrogen functional groups attached to an aromatic ring is 1. The van der Waals surface area contributed by atoms with Gasteiger partial charge in [0.05, 0.1) is 17.0 Å². The fourth-order valence-electron chi connectivity index (χ4n) is 3.84.